The number of hydrogen-bond donors (Lipinski definition) is 8. The van der Waals surface area contributed by atoms with Gasteiger partial charge in [0.2, 0.25) is 0 Å². The minimum atomic E-state index is -5.42. The van der Waals surface area contributed by atoms with Crippen LogP contribution in [0.1, 0.15) is 0 Å². The van der Waals surface area contributed by atoms with Crippen molar-refractivity contribution in [2.75, 3.05) is 13.7 Å². The average molecular weight is 610 g/mol. The molecule has 37 heavy (non-hydrogen) atoms. The topological polar surface area (TPSA) is 329 Å². The van der Waals surface area contributed by atoms with Gasteiger partial charge in [0.25, 0.3) is 0 Å². The molecule has 2 rings (SSSR count). The first kappa shape index (κ1) is 32.0. The van der Waals surface area contributed by atoms with Crippen LogP contribution in [0.15, 0.2) is 0 Å². The Morgan fingerprint density at radius 2 is 1.49 bits per heavy atom. The van der Waals surface area contributed by atoms with Crippen LogP contribution in [-0.4, -0.2) is 140 Å². The Morgan fingerprint density at radius 1 is 0.892 bits per heavy atom. The highest BCUT2D eigenvalue weighted by Gasteiger charge is 2.55. The summed E-state index contributed by atoms with van der Waals surface area (Å²) in [6.07, 6.45) is -19.8. The molecule has 218 valence electrons. The Labute approximate surface area is 208 Å². The van der Waals surface area contributed by atoms with Crippen molar-refractivity contribution in [2.45, 2.75) is 61.3 Å². The van der Waals surface area contributed by atoms with E-state index >= 15 is 0 Å². The van der Waals surface area contributed by atoms with Crippen LogP contribution in [0.25, 0.3) is 0 Å². The number of aliphatic hydroxyl groups is 3. The van der Waals surface area contributed by atoms with Gasteiger partial charge in [-0.2, -0.15) is 30.0 Å². The van der Waals surface area contributed by atoms with Crippen molar-refractivity contribution in [2.24, 2.45) is 0 Å². The molecule has 10 unspecified atom stereocenters. The molecule has 0 saturated carbocycles. The second-order valence-electron chi connectivity index (χ2n) is 7.43. The predicted octanol–water partition coefficient (Wildman–Crippen LogP) is -5.60. The molecule has 0 bridgehead atoms. The van der Waals surface area contributed by atoms with E-state index < -0.39 is 105 Å². The fourth-order valence-electron chi connectivity index (χ4n) is 3.48. The molecule has 10 atom stereocenters. The number of rotatable bonds is 11. The number of ether oxygens (including phenoxy) is 4. The Kier molecular flexibility index (Phi) is 10.3. The van der Waals surface area contributed by atoms with Crippen LogP contribution in [0.3, 0.4) is 0 Å². The van der Waals surface area contributed by atoms with Crippen molar-refractivity contribution < 1.29 is 91.4 Å². The summed E-state index contributed by atoms with van der Waals surface area (Å²) in [7, 11) is -14.9. The number of carboxylic acids is 1. The molecule has 0 aromatic heterocycles. The van der Waals surface area contributed by atoms with Crippen LogP contribution < -0.4 is 4.72 Å². The van der Waals surface area contributed by atoms with Crippen molar-refractivity contribution in [1.82, 2.24) is 4.72 Å². The molecule has 0 amide bonds. The number of hydrogen-bond acceptors (Lipinski definition) is 16. The van der Waals surface area contributed by atoms with E-state index in [4.69, 9.17) is 32.6 Å². The molecule has 2 saturated heterocycles. The number of carboxylic acid groups (broad SMARTS) is 1. The highest BCUT2D eigenvalue weighted by molar-refractivity contribution is 7.83. The fraction of sp³-hybridized carbons (Fsp3) is 0.923. The Hall–Kier alpha value is -1.20. The minimum absolute atomic E-state index is 0.896. The van der Waals surface area contributed by atoms with E-state index in [1.807, 2.05) is 0 Å². The molecule has 0 aliphatic carbocycles. The summed E-state index contributed by atoms with van der Waals surface area (Å²) >= 11 is 0. The number of aliphatic hydroxyl groups excluding tert-OH is 3. The molecule has 21 nitrogen and oxygen atoms in total. The first-order valence-corrected chi connectivity index (χ1v) is 13.7. The summed E-state index contributed by atoms with van der Waals surface area (Å²) in [6, 6.07) is -2.17. The average Bonchev–Trinajstić information content (AvgIpc) is 2.71. The minimum Gasteiger partial charge on any atom is -0.479 e. The summed E-state index contributed by atoms with van der Waals surface area (Å²) in [4.78, 5) is 11.6. The largest absolute Gasteiger partial charge is 0.479 e. The number of aliphatic carboxylic acids is 1. The number of nitrogens with one attached hydrogen (secondary N) is 1. The van der Waals surface area contributed by atoms with Crippen molar-refractivity contribution in [3.63, 3.8) is 0 Å². The van der Waals surface area contributed by atoms with Gasteiger partial charge in [0.05, 0.1) is 6.61 Å². The van der Waals surface area contributed by atoms with Gasteiger partial charge < -0.3 is 39.4 Å². The highest BCUT2D eigenvalue weighted by atomic mass is 32.3. The van der Waals surface area contributed by atoms with E-state index in [1.54, 1.807) is 0 Å². The number of carbonyl (C=O) groups is 1. The van der Waals surface area contributed by atoms with Gasteiger partial charge in [0, 0.05) is 7.11 Å². The second-order valence-corrected chi connectivity index (χ2v) is 10.8. The maximum absolute atomic E-state index is 11.6. The summed E-state index contributed by atoms with van der Waals surface area (Å²) in [6.45, 7) is -1.27. The summed E-state index contributed by atoms with van der Waals surface area (Å²) in [5.41, 5.74) is 0. The van der Waals surface area contributed by atoms with E-state index in [2.05, 4.69) is 8.37 Å². The van der Waals surface area contributed by atoms with Gasteiger partial charge in [-0.15, -0.1) is 0 Å². The third kappa shape index (κ3) is 8.92. The summed E-state index contributed by atoms with van der Waals surface area (Å²) in [5, 5.41) is 40.5. The SMILES string of the molecule is COC1C(C(=O)O)OC(OC2C(COS(=O)(=O)O)OC(O)C(NS(=O)(=O)O)C2O)C(OS(=O)(=O)O)C1O. The van der Waals surface area contributed by atoms with E-state index in [9.17, 15) is 50.5 Å². The molecule has 0 spiro atoms. The lowest BCUT2D eigenvalue weighted by molar-refractivity contribution is -0.337. The zero-order chi connectivity index (χ0) is 28.5. The Balaban J connectivity index is 2.49. The molecule has 0 aromatic carbocycles. The van der Waals surface area contributed by atoms with Crippen LogP contribution in [0, 0.1) is 0 Å². The molecular formula is C13H23NO20S3. The maximum atomic E-state index is 11.6. The molecule has 2 aliphatic rings. The van der Waals surface area contributed by atoms with E-state index in [-0.39, 0.29) is 0 Å². The molecule has 2 heterocycles. The number of methoxy groups -OCH3 is 1. The van der Waals surface area contributed by atoms with Crippen LogP contribution in [0.5, 0.6) is 0 Å². The fourth-order valence-corrected chi connectivity index (χ4v) is 4.88. The molecule has 0 radical (unpaired) electrons. The second kappa shape index (κ2) is 11.9. The van der Waals surface area contributed by atoms with Gasteiger partial charge in [-0.3, -0.25) is 13.7 Å². The zero-order valence-corrected chi connectivity index (χ0v) is 20.6. The third-order valence-corrected chi connectivity index (χ3v) is 6.39. The molecule has 8 N–H and O–H groups in total. The van der Waals surface area contributed by atoms with Gasteiger partial charge in [0.15, 0.2) is 24.8 Å². The first-order valence-electron chi connectivity index (χ1n) is 9.52. The van der Waals surface area contributed by atoms with E-state index in [0.29, 0.717) is 0 Å². The smallest absolute Gasteiger partial charge is 0.397 e. The van der Waals surface area contributed by atoms with E-state index in [0.717, 1.165) is 7.11 Å². The van der Waals surface area contributed by atoms with Crippen LogP contribution >= 0.6 is 0 Å². The quantitative estimate of drug-likeness (QED) is 0.101. The van der Waals surface area contributed by atoms with Crippen molar-refractivity contribution in [1.29, 1.82) is 0 Å². The predicted molar refractivity (Wildman–Crippen MR) is 107 cm³/mol. The lowest BCUT2D eigenvalue weighted by Gasteiger charge is -2.46. The highest BCUT2D eigenvalue weighted by Crippen LogP contribution is 2.32. The van der Waals surface area contributed by atoms with Crippen molar-refractivity contribution in [3.05, 3.63) is 0 Å². The lowest BCUT2D eigenvalue weighted by atomic mass is 9.96. The van der Waals surface area contributed by atoms with Gasteiger partial charge in [-0.05, 0) is 0 Å². The first-order chi connectivity index (χ1) is 16.7. The van der Waals surface area contributed by atoms with Gasteiger partial charge >= 0.3 is 37.1 Å². The van der Waals surface area contributed by atoms with Crippen molar-refractivity contribution >= 4 is 37.1 Å². The monoisotopic (exact) mass is 609 g/mol. The normalized spacial score (nSPS) is 37.8. The standard InChI is InChI=1S/C13H23NO20S3/c1-29-8-6(16)9(34-37(26,27)28)13(33-10(8)11(17)18)32-7-3(2-30-36(23,24)25)31-12(19)4(5(7)15)14-35(20,21)22/h3-10,12-16,19H,2H2,1H3,(H,17,18)(H,20,21,22)(H,23,24,25)(H,26,27,28). The van der Waals surface area contributed by atoms with Gasteiger partial charge in [-0.25, -0.2) is 13.2 Å². The molecule has 24 heteroatoms. The third-order valence-electron chi connectivity index (χ3n) is 4.92. The lowest BCUT2D eigenvalue weighted by Crippen LogP contribution is -2.68. The van der Waals surface area contributed by atoms with Gasteiger partial charge in [-0.1, -0.05) is 0 Å². The Bertz CT molecular complexity index is 1120. The maximum Gasteiger partial charge on any atom is 0.397 e. The van der Waals surface area contributed by atoms with Crippen LogP contribution in [-0.2, 0) is 63.2 Å². The summed E-state index contributed by atoms with van der Waals surface area (Å²) in [5.74, 6) is -1.79. The molecule has 2 fully saturated rings. The molecule has 0 aromatic rings. The van der Waals surface area contributed by atoms with Crippen LogP contribution in [0.4, 0.5) is 0 Å². The Morgan fingerprint density at radius 3 is 1.95 bits per heavy atom. The van der Waals surface area contributed by atoms with Crippen molar-refractivity contribution in [3.8, 4) is 0 Å². The molecule has 2 aliphatic heterocycles. The van der Waals surface area contributed by atoms with Gasteiger partial charge in [0.1, 0.15) is 36.6 Å². The molecular weight excluding hydrogens is 586 g/mol. The van der Waals surface area contributed by atoms with E-state index in [1.165, 1.54) is 4.72 Å². The summed E-state index contributed by atoms with van der Waals surface area (Å²) < 4.78 is 124. The zero-order valence-electron chi connectivity index (χ0n) is 18.1. The van der Waals surface area contributed by atoms with Crippen LogP contribution in [0.2, 0.25) is 0 Å².